The standard InChI is InChI=1S/C55H86O26S/c1-24(2)12-11-17-53(9)55(66)34(74-26(4)57)20-52(8)28-13-14-32-50(5,6)33(16-18-51(32,7)27(28)15-19-54(52,55)49(65)80-53)76-48-44(36(60)31(23-72-48)81-82(67,68)69)79-46-38(62)37(61)41(25(3)73-46)77-45-39(63)42(29(58)22-71-45)78-47-40(64)43(70-10)35(59)30(21-56)75-47/h12-13,25,27,29-48,56,58-64,66H,11,14-23H2,1-10H3,(H,67,68,69)/t25-,27-,29-,30-,31-,32+,33+,34+,35-,36+,37-,38-,39-,40-,41-,42+,43+,44-,45+,46+,47+,48+,51-,52+,53+,54-,55+/m1/s1. The van der Waals surface area contributed by atoms with Crippen LogP contribution in [0.5, 0.6) is 0 Å². The van der Waals surface area contributed by atoms with Crippen LogP contribution < -0.4 is 0 Å². The predicted octanol–water partition coefficient (Wildman–Crippen LogP) is -0.265. The smallest absolute Gasteiger partial charge is 0.397 e. The fourth-order valence-electron chi connectivity index (χ4n) is 16.3. The largest absolute Gasteiger partial charge is 0.459 e. The van der Waals surface area contributed by atoms with E-state index in [4.69, 9.17) is 56.3 Å². The molecule has 0 aromatic heterocycles. The summed E-state index contributed by atoms with van der Waals surface area (Å²) in [6.45, 7) is 14.9. The highest BCUT2D eigenvalue weighted by Gasteiger charge is 2.87. The molecule has 1 spiro atoms. The van der Waals surface area contributed by atoms with Crippen LogP contribution in [0.4, 0.5) is 0 Å². The van der Waals surface area contributed by atoms with Gasteiger partial charge in [-0.25, -0.2) is 4.18 Å². The van der Waals surface area contributed by atoms with E-state index in [1.807, 2.05) is 26.8 Å². The third kappa shape index (κ3) is 10.6. The molecule has 9 aliphatic rings. The molecule has 0 unspecified atom stereocenters. The van der Waals surface area contributed by atoms with Gasteiger partial charge < -0.3 is 98.1 Å². The zero-order valence-corrected chi connectivity index (χ0v) is 48.9. The summed E-state index contributed by atoms with van der Waals surface area (Å²) in [5.41, 5.74) is -4.57. The second-order valence-corrected chi connectivity index (χ2v) is 26.7. The van der Waals surface area contributed by atoms with E-state index in [2.05, 4.69) is 26.8 Å². The zero-order valence-electron chi connectivity index (χ0n) is 48.0. The number of esters is 2. The van der Waals surface area contributed by atoms with Crippen LogP contribution in [0, 0.1) is 33.5 Å². The first kappa shape index (κ1) is 64.1. The number of hydrogen-bond acceptors (Lipinski definition) is 25. The van der Waals surface area contributed by atoms with Gasteiger partial charge in [-0.2, -0.15) is 8.42 Å². The molecule has 0 aromatic carbocycles. The highest BCUT2D eigenvalue weighted by Crippen LogP contribution is 2.78. The molecule has 0 bridgehead atoms. The topological polar surface area (TPSA) is 381 Å². The van der Waals surface area contributed by atoms with Crippen molar-refractivity contribution >= 4 is 22.3 Å². The lowest BCUT2D eigenvalue weighted by molar-refractivity contribution is -0.382. The average molecular weight is 1200 g/mol. The number of aliphatic hydroxyl groups excluding tert-OH is 8. The quantitative estimate of drug-likeness (QED) is 0.0540. The third-order valence-electron chi connectivity index (χ3n) is 20.4. The van der Waals surface area contributed by atoms with Crippen LogP contribution in [0.2, 0.25) is 0 Å². The molecule has 0 aromatic rings. The van der Waals surface area contributed by atoms with Gasteiger partial charge in [0, 0.05) is 19.4 Å². The third-order valence-corrected chi connectivity index (χ3v) is 20.9. The molecule has 26 nitrogen and oxygen atoms in total. The zero-order chi connectivity index (χ0) is 60.2. The summed E-state index contributed by atoms with van der Waals surface area (Å²) in [6.07, 6.45) is -23.3. The molecule has 3 saturated carbocycles. The van der Waals surface area contributed by atoms with Crippen molar-refractivity contribution in [3.8, 4) is 0 Å². The van der Waals surface area contributed by atoms with E-state index < -0.39 is 198 Å². The van der Waals surface area contributed by atoms with Crippen molar-refractivity contribution in [3.05, 3.63) is 23.3 Å². The van der Waals surface area contributed by atoms with Gasteiger partial charge >= 0.3 is 22.3 Å². The van der Waals surface area contributed by atoms with Crippen molar-refractivity contribution < 1.29 is 125 Å². The number of carbonyl (C=O) groups excluding carboxylic acids is 2. The lowest BCUT2D eigenvalue weighted by Gasteiger charge is -2.64. The molecule has 0 radical (unpaired) electrons. The first-order chi connectivity index (χ1) is 38.2. The van der Waals surface area contributed by atoms with E-state index in [9.17, 15) is 68.5 Å². The van der Waals surface area contributed by atoms with Crippen molar-refractivity contribution in [1.29, 1.82) is 0 Å². The van der Waals surface area contributed by atoms with Crippen molar-refractivity contribution in [3.63, 3.8) is 0 Å². The lowest BCUT2D eigenvalue weighted by Crippen LogP contribution is -2.66. The molecular weight excluding hydrogens is 1110 g/mol. The molecule has 5 heterocycles. The minimum absolute atomic E-state index is 0.0823. The molecule has 10 N–H and O–H groups in total. The highest BCUT2D eigenvalue weighted by atomic mass is 32.3. The monoisotopic (exact) mass is 1190 g/mol. The first-order valence-corrected chi connectivity index (χ1v) is 29.8. The Hall–Kier alpha value is -2.43. The van der Waals surface area contributed by atoms with Crippen LogP contribution in [0.3, 0.4) is 0 Å². The SMILES string of the molecule is CO[C@@H]1[C@@H](O)[C@H](O[C@@H]2[C@@H](O)[C@H](O[C@H]3[C@H](O)[C@@H](O)[C@H](O[C@H]4[C@H](O[C@H]5CC[C@]6(C)[C@@H]7CC[C@]89C(=O)O[C@@](C)(CCC=C(C)C)[C@@]8(O)[C@@H](OC(C)=O)C[C@@]9(C)C7=CC[C@H]6C5(C)C)OC[C@@H](OS(=O)(=O)O)[C@@H]4O)O[C@@H]3C)OC[C@H]2O)O[C@H](CO)[C@H]1O. The second-order valence-electron chi connectivity index (χ2n) is 25.7. The van der Waals surface area contributed by atoms with E-state index >= 15 is 0 Å². The van der Waals surface area contributed by atoms with E-state index in [1.165, 1.54) is 21.0 Å². The van der Waals surface area contributed by atoms with Crippen molar-refractivity contribution in [2.24, 2.45) is 33.5 Å². The molecule has 468 valence electrons. The Morgan fingerprint density at radius 2 is 1.41 bits per heavy atom. The Labute approximate surface area is 477 Å². The van der Waals surface area contributed by atoms with Gasteiger partial charge in [0.05, 0.1) is 32.0 Å². The highest BCUT2D eigenvalue weighted by molar-refractivity contribution is 7.80. The maximum absolute atomic E-state index is 14.7. The maximum Gasteiger partial charge on any atom is 0.397 e. The number of cyclic esters (lactones) is 1. The fraction of sp³-hybridized carbons (Fsp3) is 0.891. The summed E-state index contributed by atoms with van der Waals surface area (Å²) in [5.74, 6) is -1.24. The van der Waals surface area contributed by atoms with Crippen LogP contribution in [-0.4, -0.2) is 232 Å². The van der Waals surface area contributed by atoms with Crippen molar-refractivity contribution in [1.82, 2.24) is 0 Å². The Kier molecular flexibility index (Phi) is 18.2. The summed E-state index contributed by atoms with van der Waals surface area (Å²) in [6, 6.07) is 0. The Balaban J connectivity index is 0.916. The normalized spacial score (nSPS) is 50.0. The van der Waals surface area contributed by atoms with Gasteiger partial charge in [0.15, 0.2) is 30.8 Å². The summed E-state index contributed by atoms with van der Waals surface area (Å²) in [4.78, 5) is 27.5. The number of allylic oxidation sites excluding steroid dienone is 4. The van der Waals surface area contributed by atoms with Crippen molar-refractivity contribution in [2.75, 3.05) is 26.9 Å². The summed E-state index contributed by atoms with van der Waals surface area (Å²) in [7, 11) is -3.97. The van der Waals surface area contributed by atoms with Crippen molar-refractivity contribution in [2.45, 2.75) is 248 Å². The second kappa shape index (κ2) is 23.3. The van der Waals surface area contributed by atoms with Gasteiger partial charge in [0.1, 0.15) is 96.5 Å². The summed E-state index contributed by atoms with van der Waals surface area (Å²) < 4.78 is 104. The van der Waals surface area contributed by atoms with Gasteiger partial charge in [0.25, 0.3) is 0 Å². The molecule has 5 aliphatic heterocycles. The number of fused-ring (bicyclic) bond motifs is 4. The minimum atomic E-state index is -5.18. The predicted molar refractivity (Wildman–Crippen MR) is 277 cm³/mol. The molecule has 9 rings (SSSR count). The lowest BCUT2D eigenvalue weighted by atomic mass is 9.40. The Morgan fingerprint density at radius 1 is 0.768 bits per heavy atom. The molecule has 8 fully saturated rings. The van der Waals surface area contributed by atoms with E-state index in [0.29, 0.717) is 38.5 Å². The van der Waals surface area contributed by atoms with Crippen LogP contribution in [0.15, 0.2) is 23.3 Å². The Bertz CT molecular complexity index is 2510. The molecule has 82 heavy (non-hydrogen) atoms. The van der Waals surface area contributed by atoms with Gasteiger partial charge in [0.2, 0.25) is 0 Å². The fourth-order valence-corrected chi connectivity index (χ4v) is 16.7. The van der Waals surface area contributed by atoms with Gasteiger partial charge in [-0.15, -0.1) is 0 Å². The van der Waals surface area contributed by atoms with E-state index in [0.717, 1.165) is 11.1 Å². The number of aliphatic hydroxyl groups is 9. The summed E-state index contributed by atoms with van der Waals surface area (Å²) in [5, 5.41) is 102. The molecule has 0 amide bonds. The summed E-state index contributed by atoms with van der Waals surface area (Å²) >= 11 is 0. The van der Waals surface area contributed by atoms with E-state index in [1.54, 1.807) is 6.92 Å². The van der Waals surface area contributed by atoms with Gasteiger partial charge in [-0.3, -0.25) is 14.1 Å². The molecule has 27 heteroatoms. The maximum atomic E-state index is 14.7. The van der Waals surface area contributed by atoms with Crippen LogP contribution in [0.1, 0.15) is 114 Å². The molecular formula is C55H86O26S. The molecule has 5 saturated heterocycles. The Morgan fingerprint density at radius 3 is 2.06 bits per heavy atom. The van der Waals surface area contributed by atoms with Gasteiger partial charge in [-0.1, -0.05) is 51.0 Å². The minimum Gasteiger partial charge on any atom is -0.459 e. The molecule has 27 atom stereocenters. The molecule has 4 aliphatic carbocycles. The number of hydrogen-bond donors (Lipinski definition) is 10. The number of methoxy groups -OCH3 is 1. The number of carbonyl (C=O) groups is 2. The first-order valence-electron chi connectivity index (χ1n) is 28.4. The van der Waals surface area contributed by atoms with E-state index in [-0.39, 0.29) is 24.7 Å². The average Bonchev–Trinajstić information content (AvgIpc) is 1.92. The van der Waals surface area contributed by atoms with Crippen LogP contribution >= 0.6 is 0 Å². The van der Waals surface area contributed by atoms with Crippen LogP contribution in [-0.2, 0) is 76.3 Å². The number of ether oxygens (including phenoxy) is 11. The van der Waals surface area contributed by atoms with Gasteiger partial charge in [-0.05, 0) is 102 Å². The number of rotatable bonds is 16. The van der Waals surface area contributed by atoms with Crippen LogP contribution in [0.25, 0.3) is 0 Å².